The predicted molar refractivity (Wildman–Crippen MR) is 82.4 cm³/mol. The normalized spacial score (nSPS) is 23.2. The van der Waals surface area contributed by atoms with Gasteiger partial charge in [0.2, 0.25) is 0 Å². The van der Waals surface area contributed by atoms with E-state index in [1.165, 1.54) is 12.0 Å². The quantitative estimate of drug-likeness (QED) is 0.840. The molecule has 4 N–H and O–H groups in total. The maximum Gasteiger partial charge on any atom is 0.0317 e. The number of benzene rings is 1. The molecule has 0 radical (unpaired) electrons. The SMILES string of the molecule is CC1(CN)CCN(Cc2cccc(N)c2)C1.Cl.Cl. The highest BCUT2D eigenvalue weighted by molar-refractivity contribution is 5.85. The van der Waals surface area contributed by atoms with Crippen LogP contribution in [-0.2, 0) is 6.54 Å². The lowest BCUT2D eigenvalue weighted by atomic mass is 9.90. The van der Waals surface area contributed by atoms with Crippen LogP contribution in [0.5, 0.6) is 0 Å². The van der Waals surface area contributed by atoms with Gasteiger partial charge in [-0.05, 0) is 42.6 Å². The van der Waals surface area contributed by atoms with Crippen molar-refractivity contribution in [3.63, 3.8) is 0 Å². The van der Waals surface area contributed by atoms with Gasteiger partial charge < -0.3 is 11.5 Å². The third-order valence-corrected chi connectivity index (χ3v) is 3.49. The van der Waals surface area contributed by atoms with E-state index in [1.807, 2.05) is 12.1 Å². The van der Waals surface area contributed by atoms with Gasteiger partial charge in [0.05, 0.1) is 0 Å². The minimum atomic E-state index is 0. The lowest BCUT2D eigenvalue weighted by Crippen LogP contribution is -2.31. The summed E-state index contributed by atoms with van der Waals surface area (Å²) in [4.78, 5) is 2.46. The number of nitrogens with zero attached hydrogens (tertiary/aromatic N) is 1. The molecule has 5 heteroatoms. The maximum absolute atomic E-state index is 5.80. The van der Waals surface area contributed by atoms with E-state index in [1.54, 1.807) is 0 Å². The molecule has 0 saturated carbocycles. The zero-order chi connectivity index (χ0) is 11.6. The summed E-state index contributed by atoms with van der Waals surface area (Å²) in [6.07, 6.45) is 1.20. The molecule has 18 heavy (non-hydrogen) atoms. The molecule has 1 aromatic rings. The molecule has 2 rings (SSSR count). The summed E-state index contributed by atoms with van der Waals surface area (Å²) >= 11 is 0. The first-order valence-corrected chi connectivity index (χ1v) is 5.88. The van der Waals surface area contributed by atoms with E-state index >= 15 is 0 Å². The van der Waals surface area contributed by atoms with Crippen LogP contribution in [0.1, 0.15) is 18.9 Å². The van der Waals surface area contributed by atoms with Crippen molar-refractivity contribution in [3.05, 3.63) is 29.8 Å². The number of hydrogen-bond acceptors (Lipinski definition) is 3. The van der Waals surface area contributed by atoms with Gasteiger partial charge >= 0.3 is 0 Å². The van der Waals surface area contributed by atoms with Crippen LogP contribution >= 0.6 is 24.8 Å². The number of anilines is 1. The van der Waals surface area contributed by atoms with Crippen LogP contribution in [0.15, 0.2) is 24.3 Å². The summed E-state index contributed by atoms with van der Waals surface area (Å²) in [6.45, 7) is 6.27. The van der Waals surface area contributed by atoms with Crippen LogP contribution < -0.4 is 11.5 Å². The third-order valence-electron chi connectivity index (χ3n) is 3.49. The first-order chi connectivity index (χ1) is 7.61. The molecule has 1 fully saturated rings. The first kappa shape index (κ1) is 17.5. The van der Waals surface area contributed by atoms with Crippen molar-refractivity contribution < 1.29 is 0 Å². The molecule has 0 aliphatic carbocycles. The molecule has 1 aromatic carbocycles. The lowest BCUT2D eigenvalue weighted by molar-refractivity contribution is 0.274. The van der Waals surface area contributed by atoms with Crippen molar-refractivity contribution in [1.29, 1.82) is 0 Å². The Morgan fingerprint density at radius 2 is 2.06 bits per heavy atom. The number of hydrogen-bond donors (Lipinski definition) is 2. The molecule has 0 aromatic heterocycles. The molecule has 0 spiro atoms. The highest BCUT2D eigenvalue weighted by atomic mass is 35.5. The fourth-order valence-corrected chi connectivity index (χ4v) is 2.38. The van der Waals surface area contributed by atoms with Crippen LogP contribution in [0, 0.1) is 5.41 Å². The van der Waals surface area contributed by atoms with Gasteiger partial charge in [-0.1, -0.05) is 19.1 Å². The molecule has 1 heterocycles. The van der Waals surface area contributed by atoms with Crippen LogP contribution in [0.25, 0.3) is 0 Å². The van der Waals surface area contributed by atoms with Gasteiger partial charge in [-0.2, -0.15) is 0 Å². The van der Waals surface area contributed by atoms with Gasteiger partial charge in [0.1, 0.15) is 0 Å². The summed E-state index contributed by atoms with van der Waals surface area (Å²) in [5.41, 5.74) is 14.0. The summed E-state index contributed by atoms with van der Waals surface area (Å²) in [5, 5.41) is 0. The Morgan fingerprint density at radius 3 is 2.61 bits per heavy atom. The van der Waals surface area contributed by atoms with E-state index in [2.05, 4.69) is 24.0 Å². The van der Waals surface area contributed by atoms with Crippen molar-refractivity contribution in [2.24, 2.45) is 11.1 Å². The maximum atomic E-state index is 5.80. The average Bonchev–Trinajstić information content (AvgIpc) is 2.61. The highest BCUT2D eigenvalue weighted by Gasteiger charge is 2.32. The third kappa shape index (κ3) is 4.32. The largest absolute Gasteiger partial charge is 0.399 e. The monoisotopic (exact) mass is 291 g/mol. The second kappa shape index (κ2) is 7.19. The van der Waals surface area contributed by atoms with Gasteiger partial charge in [0.15, 0.2) is 0 Å². The van der Waals surface area contributed by atoms with Gasteiger partial charge in [0.25, 0.3) is 0 Å². The predicted octanol–water partition coefficient (Wildman–Crippen LogP) is 2.28. The Hall–Kier alpha value is -0.480. The van der Waals surface area contributed by atoms with Crippen molar-refractivity contribution in [1.82, 2.24) is 4.90 Å². The summed E-state index contributed by atoms with van der Waals surface area (Å²) < 4.78 is 0. The Kier molecular flexibility index (Phi) is 7.00. The standard InChI is InChI=1S/C13H21N3.2ClH/c1-13(9-14)5-6-16(10-13)8-11-3-2-4-12(15)7-11;;/h2-4,7H,5-6,8-10,14-15H2,1H3;2*1H. The van der Waals surface area contributed by atoms with E-state index in [0.717, 1.165) is 31.9 Å². The molecule has 1 aliphatic rings. The number of nitrogens with two attached hydrogens (primary N) is 2. The highest BCUT2D eigenvalue weighted by Crippen LogP contribution is 2.29. The Morgan fingerprint density at radius 1 is 1.33 bits per heavy atom. The zero-order valence-corrected chi connectivity index (χ0v) is 12.4. The molecular weight excluding hydrogens is 269 g/mol. The fraction of sp³-hybridized carbons (Fsp3) is 0.538. The van der Waals surface area contributed by atoms with Crippen LogP contribution in [0.4, 0.5) is 5.69 Å². The molecule has 1 saturated heterocycles. The van der Waals surface area contributed by atoms with Gasteiger partial charge in [-0.15, -0.1) is 24.8 Å². The summed E-state index contributed by atoms with van der Waals surface area (Å²) in [7, 11) is 0. The van der Waals surface area contributed by atoms with E-state index in [-0.39, 0.29) is 24.8 Å². The van der Waals surface area contributed by atoms with Crippen molar-refractivity contribution in [2.45, 2.75) is 19.9 Å². The molecule has 3 nitrogen and oxygen atoms in total. The van der Waals surface area contributed by atoms with Crippen LogP contribution in [0.3, 0.4) is 0 Å². The van der Waals surface area contributed by atoms with E-state index in [9.17, 15) is 0 Å². The van der Waals surface area contributed by atoms with Crippen LogP contribution in [0.2, 0.25) is 0 Å². The Labute approximate surface area is 122 Å². The van der Waals surface area contributed by atoms with E-state index in [4.69, 9.17) is 11.5 Å². The van der Waals surface area contributed by atoms with Crippen molar-refractivity contribution in [2.75, 3.05) is 25.4 Å². The zero-order valence-electron chi connectivity index (χ0n) is 10.8. The van der Waals surface area contributed by atoms with E-state index in [0.29, 0.717) is 5.41 Å². The molecule has 104 valence electrons. The second-order valence-corrected chi connectivity index (χ2v) is 5.22. The average molecular weight is 292 g/mol. The second-order valence-electron chi connectivity index (χ2n) is 5.22. The minimum absolute atomic E-state index is 0. The van der Waals surface area contributed by atoms with E-state index < -0.39 is 0 Å². The Bertz CT molecular complexity index is 373. The minimum Gasteiger partial charge on any atom is -0.399 e. The molecule has 0 bridgehead atoms. The van der Waals surface area contributed by atoms with Crippen LogP contribution in [-0.4, -0.2) is 24.5 Å². The van der Waals surface area contributed by atoms with Crippen molar-refractivity contribution >= 4 is 30.5 Å². The van der Waals surface area contributed by atoms with Crippen molar-refractivity contribution in [3.8, 4) is 0 Å². The smallest absolute Gasteiger partial charge is 0.0317 e. The van der Waals surface area contributed by atoms with Gasteiger partial charge in [-0.25, -0.2) is 0 Å². The number of rotatable bonds is 3. The molecule has 1 unspecified atom stereocenters. The lowest BCUT2D eigenvalue weighted by Gasteiger charge is -2.22. The molecule has 1 aliphatic heterocycles. The number of nitrogen functional groups attached to an aromatic ring is 1. The summed E-state index contributed by atoms with van der Waals surface area (Å²) in [6, 6.07) is 8.13. The Balaban J connectivity index is 0.00000144. The first-order valence-electron chi connectivity index (χ1n) is 5.88. The van der Waals surface area contributed by atoms with Gasteiger partial charge in [-0.3, -0.25) is 4.90 Å². The molecular formula is C13H23Cl2N3. The molecule has 0 amide bonds. The number of halogens is 2. The molecule has 1 atom stereocenters. The summed E-state index contributed by atoms with van der Waals surface area (Å²) in [5.74, 6) is 0. The van der Waals surface area contributed by atoms with Gasteiger partial charge in [0, 0.05) is 18.8 Å². The number of likely N-dealkylation sites (tertiary alicyclic amines) is 1. The topological polar surface area (TPSA) is 55.3 Å². The fourth-order valence-electron chi connectivity index (χ4n) is 2.38.